The van der Waals surface area contributed by atoms with Gasteiger partial charge in [0.1, 0.15) is 0 Å². The Kier molecular flexibility index (Phi) is 3.29. The Balaban J connectivity index is 2.14. The molecule has 0 heterocycles. The Morgan fingerprint density at radius 1 is 1.25 bits per heavy atom. The molecule has 16 heavy (non-hydrogen) atoms. The second-order valence-electron chi connectivity index (χ2n) is 5.14. The van der Waals surface area contributed by atoms with Crippen molar-refractivity contribution in [3.63, 3.8) is 0 Å². The van der Waals surface area contributed by atoms with Gasteiger partial charge in [0, 0.05) is 0 Å². The Morgan fingerprint density at radius 2 is 2.00 bits per heavy atom. The van der Waals surface area contributed by atoms with Crippen molar-refractivity contribution in [1.29, 1.82) is 5.26 Å². The third-order valence-electron chi connectivity index (χ3n) is 3.59. The molecule has 0 saturated carbocycles. The monoisotopic (exact) mass is 213 g/mol. The second kappa shape index (κ2) is 4.70. The van der Waals surface area contributed by atoms with Crippen LogP contribution in [0.4, 0.5) is 0 Å². The lowest BCUT2D eigenvalue weighted by atomic mass is 9.89. The fraction of sp³-hybridized carbons (Fsp3) is 0.533. The van der Waals surface area contributed by atoms with Crippen molar-refractivity contribution in [2.45, 2.75) is 39.5 Å². The zero-order chi connectivity index (χ0) is 11.5. The third kappa shape index (κ3) is 2.27. The van der Waals surface area contributed by atoms with Crippen LogP contribution in [0.2, 0.25) is 0 Å². The van der Waals surface area contributed by atoms with Crippen molar-refractivity contribution in [2.24, 2.45) is 11.8 Å². The third-order valence-corrected chi connectivity index (χ3v) is 3.59. The van der Waals surface area contributed by atoms with Crippen LogP contribution in [0.15, 0.2) is 18.2 Å². The first-order valence-electron chi connectivity index (χ1n) is 6.21. The normalized spacial score (nSPS) is 15.9. The first-order valence-corrected chi connectivity index (χ1v) is 6.21. The highest BCUT2D eigenvalue weighted by Gasteiger charge is 2.15. The second-order valence-corrected chi connectivity index (χ2v) is 5.14. The summed E-state index contributed by atoms with van der Waals surface area (Å²) in [5.41, 5.74) is 4.36. The number of benzene rings is 1. The first kappa shape index (κ1) is 11.2. The van der Waals surface area contributed by atoms with Gasteiger partial charge in [-0.25, -0.2) is 0 Å². The number of nitrogens with zero attached hydrogens (tertiary/aromatic N) is 1. The van der Waals surface area contributed by atoms with E-state index in [4.69, 9.17) is 5.26 Å². The van der Waals surface area contributed by atoms with E-state index in [1.807, 2.05) is 0 Å². The summed E-state index contributed by atoms with van der Waals surface area (Å²) in [4.78, 5) is 0. The van der Waals surface area contributed by atoms with Gasteiger partial charge in [-0.3, -0.25) is 0 Å². The lowest BCUT2D eigenvalue weighted by Gasteiger charge is -2.13. The van der Waals surface area contributed by atoms with Gasteiger partial charge in [0.25, 0.3) is 0 Å². The first-order chi connectivity index (χ1) is 7.70. The van der Waals surface area contributed by atoms with Crippen LogP contribution in [-0.2, 0) is 19.3 Å². The molecule has 0 aromatic heterocycles. The highest BCUT2D eigenvalue weighted by atomic mass is 14.3. The molecule has 1 unspecified atom stereocenters. The summed E-state index contributed by atoms with van der Waals surface area (Å²) in [6, 6.07) is 9.19. The zero-order valence-electron chi connectivity index (χ0n) is 10.2. The molecular weight excluding hydrogens is 194 g/mol. The topological polar surface area (TPSA) is 23.8 Å². The van der Waals surface area contributed by atoms with Crippen molar-refractivity contribution in [1.82, 2.24) is 0 Å². The van der Waals surface area contributed by atoms with Crippen LogP contribution in [0.25, 0.3) is 0 Å². The number of hydrogen-bond acceptors (Lipinski definition) is 1. The van der Waals surface area contributed by atoms with Gasteiger partial charge in [-0.15, -0.1) is 0 Å². The summed E-state index contributed by atoms with van der Waals surface area (Å²) in [7, 11) is 0. The highest BCUT2D eigenvalue weighted by Crippen LogP contribution is 2.25. The number of aryl methyl sites for hydroxylation is 2. The molecule has 1 aliphatic carbocycles. The van der Waals surface area contributed by atoms with Crippen LogP contribution in [0.3, 0.4) is 0 Å². The smallest absolute Gasteiger partial charge is 0.0661 e. The molecule has 0 saturated heterocycles. The minimum absolute atomic E-state index is 0.152. The SMILES string of the molecule is CC(C)C(C#N)Cc1ccc2c(c1)CCC2. The van der Waals surface area contributed by atoms with Gasteiger partial charge in [-0.05, 0) is 48.3 Å². The predicted octanol–water partition coefficient (Wildman–Crippen LogP) is 3.51. The number of nitriles is 1. The molecule has 0 aliphatic heterocycles. The van der Waals surface area contributed by atoms with Crippen LogP contribution < -0.4 is 0 Å². The molecule has 0 N–H and O–H groups in total. The van der Waals surface area contributed by atoms with Crippen molar-refractivity contribution in [2.75, 3.05) is 0 Å². The molecule has 0 radical (unpaired) electrons. The average molecular weight is 213 g/mol. The average Bonchev–Trinajstić information content (AvgIpc) is 2.72. The predicted molar refractivity (Wildman–Crippen MR) is 66.1 cm³/mol. The standard InChI is InChI=1S/C15H19N/c1-11(2)15(10-16)9-12-6-7-13-4-3-5-14(13)8-12/h6-8,11,15H,3-5,9H2,1-2H3. The largest absolute Gasteiger partial charge is 0.198 e. The van der Waals surface area contributed by atoms with Crippen molar-refractivity contribution in [3.8, 4) is 6.07 Å². The van der Waals surface area contributed by atoms with Gasteiger partial charge in [0.2, 0.25) is 0 Å². The number of hydrogen-bond donors (Lipinski definition) is 0. The maximum atomic E-state index is 9.10. The van der Waals surface area contributed by atoms with Gasteiger partial charge >= 0.3 is 0 Å². The minimum Gasteiger partial charge on any atom is -0.198 e. The molecular formula is C15H19N. The lowest BCUT2D eigenvalue weighted by Crippen LogP contribution is -2.09. The molecule has 0 spiro atoms. The van der Waals surface area contributed by atoms with E-state index in [1.54, 1.807) is 0 Å². The van der Waals surface area contributed by atoms with Crippen LogP contribution >= 0.6 is 0 Å². The minimum atomic E-state index is 0.152. The summed E-state index contributed by atoms with van der Waals surface area (Å²) in [6.07, 6.45) is 4.66. The summed E-state index contributed by atoms with van der Waals surface area (Å²) in [6.45, 7) is 4.25. The highest BCUT2D eigenvalue weighted by molar-refractivity contribution is 5.35. The maximum absolute atomic E-state index is 9.10. The van der Waals surface area contributed by atoms with Crippen LogP contribution in [-0.4, -0.2) is 0 Å². The van der Waals surface area contributed by atoms with Gasteiger partial charge in [0.05, 0.1) is 12.0 Å². The molecule has 1 aromatic carbocycles. The van der Waals surface area contributed by atoms with E-state index in [1.165, 1.54) is 36.0 Å². The molecule has 1 heteroatoms. The Labute approximate surface area is 98.1 Å². The molecule has 84 valence electrons. The summed E-state index contributed by atoms with van der Waals surface area (Å²) >= 11 is 0. The van der Waals surface area contributed by atoms with Crippen LogP contribution in [0, 0.1) is 23.2 Å². The van der Waals surface area contributed by atoms with Gasteiger partial charge in [0.15, 0.2) is 0 Å². The molecule has 1 atom stereocenters. The van der Waals surface area contributed by atoms with E-state index in [0.29, 0.717) is 5.92 Å². The molecule has 1 nitrogen and oxygen atoms in total. The van der Waals surface area contributed by atoms with Gasteiger partial charge in [-0.2, -0.15) is 5.26 Å². The van der Waals surface area contributed by atoms with Crippen LogP contribution in [0.1, 0.15) is 37.0 Å². The molecule has 0 bridgehead atoms. The Morgan fingerprint density at radius 3 is 2.69 bits per heavy atom. The van der Waals surface area contributed by atoms with E-state index in [9.17, 15) is 0 Å². The van der Waals surface area contributed by atoms with E-state index >= 15 is 0 Å². The van der Waals surface area contributed by atoms with E-state index in [-0.39, 0.29) is 5.92 Å². The fourth-order valence-electron chi connectivity index (χ4n) is 2.44. The van der Waals surface area contributed by atoms with E-state index in [2.05, 4.69) is 38.1 Å². The summed E-state index contributed by atoms with van der Waals surface area (Å²) < 4.78 is 0. The van der Waals surface area contributed by atoms with Crippen molar-refractivity contribution >= 4 is 0 Å². The lowest BCUT2D eigenvalue weighted by molar-refractivity contribution is 0.474. The molecule has 0 fully saturated rings. The molecule has 2 rings (SSSR count). The molecule has 1 aliphatic rings. The van der Waals surface area contributed by atoms with Crippen LogP contribution in [0.5, 0.6) is 0 Å². The van der Waals surface area contributed by atoms with Crippen molar-refractivity contribution in [3.05, 3.63) is 34.9 Å². The molecule has 0 amide bonds. The number of rotatable bonds is 3. The Hall–Kier alpha value is -1.29. The zero-order valence-corrected chi connectivity index (χ0v) is 10.2. The van der Waals surface area contributed by atoms with E-state index < -0.39 is 0 Å². The van der Waals surface area contributed by atoms with Crippen molar-refractivity contribution < 1.29 is 0 Å². The summed E-state index contributed by atoms with van der Waals surface area (Å²) in [5.74, 6) is 0.595. The Bertz CT molecular complexity index is 412. The molecule has 1 aromatic rings. The maximum Gasteiger partial charge on any atom is 0.0661 e. The quantitative estimate of drug-likeness (QED) is 0.753. The fourth-order valence-corrected chi connectivity index (χ4v) is 2.44. The van der Waals surface area contributed by atoms with E-state index in [0.717, 1.165) is 6.42 Å². The number of fused-ring (bicyclic) bond motifs is 1. The summed E-state index contributed by atoms with van der Waals surface area (Å²) in [5, 5.41) is 9.10. The van der Waals surface area contributed by atoms with Gasteiger partial charge < -0.3 is 0 Å². The van der Waals surface area contributed by atoms with Gasteiger partial charge in [-0.1, -0.05) is 32.0 Å².